The number of hydrogen-bond donors (Lipinski definition) is 2. The van der Waals surface area contributed by atoms with E-state index in [1.165, 1.54) is 11.8 Å². The number of hydrogen-bond acceptors (Lipinski definition) is 7. The van der Waals surface area contributed by atoms with E-state index in [-0.39, 0.29) is 11.9 Å². The lowest BCUT2D eigenvalue weighted by Gasteiger charge is -2.27. The van der Waals surface area contributed by atoms with Gasteiger partial charge in [-0.2, -0.15) is 4.98 Å². The Morgan fingerprint density at radius 2 is 2.12 bits per heavy atom. The van der Waals surface area contributed by atoms with Gasteiger partial charge in [-0.15, -0.1) is 16.4 Å². The number of halogens is 1. The van der Waals surface area contributed by atoms with E-state index in [0.717, 1.165) is 21.2 Å². The third kappa shape index (κ3) is 4.52. The van der Waals surface area contributed by atoms with E-state index in [9.17, 15) is 4.79 Å². The molecule has 0 bridgehead atoms. The van der Waals surface area contributed by atoms with Gasteiger partial charge in [-0.1, -0.05) is 47.6 Å². The Balaban J connectivity index is 1.46. The summed E-state index contributed by atoms with van der Waals surface area (Å²) in [5.74, 6) is 1.04. The number of aromatic nitrogens is 4. The van der Waals surface area contributed by atoms with Crippen LogP contribution in [0, 0.1) is 0 Å². The third-order valence-corrected chi connectivity index (χ3v) is 7.30. The molecule has 0 unspecified atom stereocenters. The molecule has 0 fully saturated rings. The minimum absolute atomic E-state index is 0.210. The van der Waals surface area contributed by atoms with E-state index in [4.69, 9.17) is 16.7 Å². The molecule has 1 amide bonds. The fraction of sp³-hybridized carbons (Fsp3) is 0.130. The molecule has 1 aliphatic rings. The van der Waals surface area contributed by atoms with Crippen molar-refractivity contribution in [2.45, 2.75) is 23.9 Å². The summed E-state index contributed by atoms with van der Waals surface area (Å²) in [4.78, 5) is 23.1. The quantitative estimate of drug-likeness (QED) is 0.339. The molecule has 10 heteroatoms. The Morgan fingerprint density at radius 3 is 2.88 bits per heavy atom. The van der Waals surface area contributed by atoms with Crippen LogP contribution >= 0.6 is 34.7 Å². The van der Waals surface area contributed by atoms with Crippen LogP contribution in [0.3, 0.4) is 0 Å². The summed E-state index contributed by atoms with van der Waals surface area (Å²) in [6, 6.07) is 14.9. The number of thiophene rings is 1. The molecule has 7 nitrogen and oxygen atoms in total. The molecule has 1 aromatic carbocycles. The lowest BCUT2D eigenvalue weighted by atomic mass is 10.0. The van der Waals surface area contributed by atoms with Crippen LogP contribution in [-0.2, 0) is 10.5 Å². The minimum atomic E-state index is -0.389. The number of rotatable bonds is 6. The molecule has 0 saturated heterocycles. The molecular weight excluding hydrogens is 476 g/mol. The SMILES string of the molecule is CC1=C(C(=O)Nc2cccnc2)[C@@H](c2cccs2)n2nc(SCc3ccccc3Cl)nc2N1. The first-order chi connectivity index (χ1) is 16.1. The fourth-order valence-electron chi connectivity index (χ4n) is 3.59. The van der Waals surface area contributed by atoms with Crippen molar-refractivity contribution in [3.63, 3.8) is 0 Å². The molecule has 5 rings (SSSR count). The van der Waals surface area contributed by atoms with Gasteiger partial charge in [-0.25, -0.2) is 4.68 Å². The van der Waals surface area contributed by atoms with Crippen LogP contribution in [0.15, 0.2) is 82.7 Å². The van der Waals surface area contributed by atoms with Gasteiger partial charge in [-0.05, 0) is 42.1 Å². The highest BCUT2D eigenvalue weighted by atomic mass is 35.5. The molecule has 33 heavy (non-hydrogen) atoms. The van der Waals surface area contributed by atoms with Gasteiger partial charge in [0.1, 0.15) is 6.04 Å². The van der Waals surface area contributed by atoms with E-state index in [2.05, 4.69) is 20.6 Å². The van der Waals surface area contributed by atoms with Crippen LogP contribution in [0.5, 0.6) is 0 Å². The van der Waals surface area contributed by atoms with Crippen molar-refractivity contribution in [2.75, 3.05) is 10.6 Å². The Kier molecular flexibility index (Phi) is 6.17. The topological polar surface area (TPSA) is 84.7 Å². The second-order valence-electron chi connectivity index (χ2n) is 7.32. The zero-order valence-electron chi connectivity index (χ0n) is 17.5. The number of carbonyl (C=O) groups excluding carboxylic acids is 1. The van der Waals surface area contributed by atoms with Gasteiger partial charge < -0.3 is 10.6 Å². The lowest BCUT2D eigenvalue weighted by molar-refractivity contribution is -0.113. The maximum Gasteiger partial charge on any atom is 0.255 e. The molecule has 4 heterocycles. The summed E-state index contributed by atoms with van der Waals surface area (Å²) in [5.41, 5.74) is 2.97. The van der Waals surface area contributed by atoms with E-state index in [1.807, 2.05) is 54.8 Å². The molecular formula is C23H19ClN6OS2. The molecule has 4 aromatic rings. The maximum absolute atomic E-state index is 13.3. The zero-order valence-corrected chi connectivity index (χ0v) is 19.9. The largest absolute Gasteiger partial charge is 0.328 e. The average Bonchev–Trinajstić information content (AvgIpc) is 3.48. The standard InChI is InChI=1S/C23H19ClN6OS2/c1-14-19(21(31)27-16-7-4-10-25-12-16)20(18-9-5-11-32-18)30-22(26-14)28-23(29-30)33-13-15-6-2-3-8-17(15)24/h2-12,20H,13H2,1H3,(H,27,31)(H,26,28,29)/t20-/m1/s1. The van der Waals surface area contributed by atoms with Crippen LogP contribution in [-0.4, -0.2) is 25.7 Å². The monoisotopic (exact) mass is 494 g/mol. The molecule has 2 N–H and O–H groups in total. The summed E-state index contributed by atoms with van der Waals surface area (Å²) in [6.07, 6.45) is 3.29. The normalized spacial score (nSPS) is 15.2. The first-order valence-corrected chi connectivity index (χ1v) is 12.4. The second-order valence-corrected chi connectivity index (χ2v) is 9.65. The van der Waals surface area contributed by atoms with Gasteiger partial charge in [0.15, 0.2) is 0 Å². The highest BCUT2D eigenvalue weighted by Gasteiger charge is 2.35. The van der Waals surface area contributed by atoms with Crippen molar-refractivity contribution < 1.29 is 4.79 Å². The summed E-state index contributed by atoms with van der Waals surface area (Å²) in [6.45, 7) is 1.88. The van der Waals surface area contributed by atoms with Crippen molar-refractivity contribution in [3.8, 4) is 0 Å². The molecule has 0 saturated carbocycles. The molecule has 0 radical (unpaired) electrons. The Bertz CT molecular complexity index is 1320. The van der Waals surface area contributed by atoms with E-state index in [0.29, 0.717) is 28.1 Å². The Labute approximate surface area is 203 Å². The van der Waals surface area contributed by atoms with Crippen LogP contribution in [0.1, 0.15) is 23.4 Å². The van der Waals surface area contributed by atoms with Gasteiger partial charge in [-0.3, -0.25) is 9.78 Å². The highest BCUT2D eigenvalue weighted by Crippen LogP contribution is 2.38. The molecule has 0 aliphatic carbocycles. The van der Waals surface area contributed by atoms with E-state index in [1.54, 1.807) is 34.5 Å². The third-order valence-electron chi connectivity index (χ3n) is 5.12. The highest BCUT2D eigenvalue weighted by molar-refractivity contribution is 7.98. The minimum Gasteiger partial charge on any atom is -0.328 e. The predicted molar refractivity (Wildman–Crippen MR) is 133 cm³/mol. The number of thioether (sulfide) groups is 1. The smallest absolute Gasteiger partial charge is 0.255 e. The molecule has 0 spiro atoms. The average molecular weight is 495 g/mol. The number of fused-ring (bicyclic) bond motifs is 1. The van der Waals surface area contributed by atoms with Crippen molar-refractivity contribution in [1.82, 2.24) is 19.7 Å². The molecule has 166 valence electrons. The van der Waals surface area contributed by atoms with Crippen LogP contribution in [0.4, 0.5) is 11.6 Å². The number of benzene rings is 1. The number of amides is 1. The molecule has 1 aliphatic heterocycles. The number of anilines is 2. The molecule has 3 aromatic heterocycles. The summed E-state index contributed by atoms with van der Waals surface area (Å²) in [7, 11) is 0. The number of pyridine rings is 1. The van der Waals surface area contributed by atoms with Gasteiger partial charge in [0.2, 0.25) is 11.1 Å². The molecule has 1 atom stereocenters. The number of nitrogens with one attached hydrogen (secondary N) is 2. The first kappa shape index (κ1) is 21.7. The van der Waals surface area contributed by atoms with E-state index >= 15 is 0 Å². The number of allylic oxidation sites excluding steroid dienone is 1. The predicted octanol–water partition coefficient (Wildman–Crippen LogP) is 5.61. The lowest BCUT2D eigenvalue weighted by Crippen LogP contribution is -2.31. The van der Waals surface area contributed by atoms with E-state index < -0.39 is 0 Å². The van der Waals surface area contributed by atoms with Crippen LogP contribution < -0.4 is 10.6 Å². The van der Waals surface area contributed by atoms with Crippen molar-refractivity contribution >= 4 is 52.2 Å². The first-order valence-electron chi connectivity index (χ1n) is 10.2. The van der Waals surface area contributed by atoms with Gasteiger partial charge >= 0.3 is 0 Å². The summed E-state index contributed by atoms with van der Waals surface area (Å²) < 4.78 is 1.78. The van der Waals surface area contributed by atoms with Crippen LogP contribution in [0.25, 0.3) is 0 Å². The van der Waals surface area contributed by atoms with Crippen molar-refractivity contribution in [2.24, 2.45) is 0 Å². The second kappa shape index (κ2) is 9.38. The van der Waals surface area contributed by atoms with Gasteiger partial charge in [0, 0.05) is 27.5 Å². The van der Waals surface area contributed by atoms with Crippen LogP contribution in [0.2, 0.25) is 5.02 Å². The Morgan fingerprint density at radius 1 is 1.24 bits per heavy atom. The number of nitrogens with zero attached hydrogens (tertiary/aromatic N) is 4. The van der Waals surface area contributed by atoms with Crippen molar-refractivity contribution in [3.05, 3.63) is 93.0 Å². The Hall–Kier alpha value is -3.14. The summed E-state index contributed by atoms with van der Waals surface area (Å²) in [5, 5.41) is 14.3. The fourth-order valence-corrected chi connectivity index (χ4v) is 5.52. The zero-order chi connectivity index (χ0) is 22.8. The maximum atomic E-state index is 13.3. The number of carbonyl (C=O) groups is 1. The van der Waals surface area contributed by atoms with Gasteiger partial charge in [0.05, 0.1) is 17.5 Å². The van der Waals surface area contributed by atoms with Crippen molar-refractivity contribution in [1.29, 1.82) is 0 Å². The van der Waals surface area contributed by atoms with Gasteiger partial charge in [0.25, 0.3) is 5.91 Å². The summed E-state index contributed by atoms with van der Waals surface area (Å²) >= 11 is 9.38.